The largest absolute Gasteiger partial charge is 0.439 e. The number of nitrogens with zero attached hydrogens (tertiary/aromatic N) is 4. The topological polar surface area (TPSA) is 81.9 Å². The maximum absolute atomic E-state index is 11.8. The van der Waals surface area contributed by atoms with Gasteiger partial charge >= 0.3 is 0 Å². The van der Waals surface area contributed by atoms with Crippen LogP contribution in [-0.4, -0.2) is 25.4 Å². The molecule has 0 saturated heterocycles. The molecule has 7 nitrogen and oxygen atoms in total. The molecule has 0 saturated carbocycles. The maximum atomic E-state index is 11.8. The highest BCUT2D eigenvalue weighted by Crippen LogP contribution is 2.23. The van der Waals surface area contributed by atoms with Crippen LogP contribution >= 0.6 is 0 Å². The third kappa shape index (κ3) is 4.91. The van der Waals surface area contributed by atoms with E-state index in [9.17, 15) is 4.79 Å². The van der Waals surface area contributed by atoms with Crippen molar-refractivity contribution in [2.75, 3.05) is 5.32 Å². The van der Waals surface area contributed by atoms with Gasteiger partial charge in [-0.3, -0.25) is 9.36 Å². The normalized spacial score (nSPS) is 10.9. The molecule has 7 heteroatoms. The van der Waals surface area contributed by atoms with Crippen LogP contribution in [-0.2, 0) is 4.79 Å². The van der Waals surface area contributed by atoms with Crippen molar-refractivity contribution < 1.29 is 9.53 Å². The van der Waals surface area contributed by atoms with Gasteiger partial charge in [0.2, 0.25) is 11.8 Å². The lowest BCUT2D eigenvalue weighted by atomic mass is 10.1. The Hall–Kier alpha value is -3.22. The molecule has 2 aromatic heterocycles. The first-order valence-electron chi connectivity index (χ1n) is 8.84. The van der Waals surface area contributed by atoms with Crippen molar-refractivity contribution in [1.82, 2.24) is 19.5 Å². The summed E-state index contributed by atoms with van der Waals surface area (Å²) in [6, 6.07) is 8.97. The summed E-state index contributed by atoms with van der Waals surface area (Å²) in [5, 5.41) is 2.88. The molecular formula is C20H23N5O2. The zero-order valence-electron chi connectivity index (χ0n) is 15.9. The molecule has 0 radical (unpaired) electrons. The number of aryl methyl sites for hydroxylation is 2. The average molecular weight is 365 g/mol. The molecule has 1 N–H and O–H groups in total. The second kappa shape index (κ2) is 7.99. The summed E-state index contributed by atoms with van der Waals surface area (Å²) in [6.45, 7) is 7.75. The minimum atomic E-state index is 0.00503. The van der Waals surface area contributed by atoms with E-state index >= 15 is 0 Å². The number of aromatic nitrogens is 4. The fraction of sp³-hybridized carbons (Fsp3) is 0.300. The number of hydrogen-bond donors (Lipinski definition) is 1. The molecule has 0 aliphatic rings. The molecule has 0 fully saturated rings. The molecular weight excluding hydrogens is 342 g/mol. The van der Waals surface area contributed by atoms with Gasteiger partial charge in [-0.1, -0.05) is 13.8 Å². The van der Waals surface area contributed by atoms with Crippen LogP contribution in [0, 0.1) is 19.8 Å². The third-order valence-electron chi connectivity index (χ3n) is 3.83. The second-order valence-corrected chi connectivity index (χ2v) is 6.73. The van der Waals surface area contributed by atoms with E-state index in [1.54, 1.807) is 24.4 Å². The number of ether oxygens (including phenoxy) is 1. The fourth-order valence-electron chi connectivity index (χ4n) is 2.63. The first-order chi connectivity index (χ1) is 12.9. The summed E-state index contributed by atoms with van der Waals surface area (Å²) in [6.07, 6.45) is 4.06. The summed E-state index contributed by atoms with van der Waals surface area (Å²) in [7, 11) is 0. The zero-order valence-corrected chi connectivity index (χ0v) is 15.9. The average Bonchev–Trinajstić information content (AvgIpc) is 3.01. The van der Waals surface area contributed by atoms with Gasteiger partial charge in [-0.25, -0.2) is 9.97 Å². The van der Waals surface area contributed by atoms with Crippen LogP contribution in [0.3, 0.4) is 0 Å². The molecule has 1 amide bonds. The molecule has 3 aromatic rings. The van der Waals surface area contributed by atoms with Crippen molar-refractivity contribution >= 4 is 11.6 Å². The number of rotatable bonds is 6. The Morgan fingerprint density at radius 3 is 2.56 bits per heavy atom. The molecule has 0 bridgehead atoms. The van der Waals surface area contributed by atoms with Gasteiger partial charge in [-0.15, -0.1) is 0 Å². The van der Waals surface area contributed by atoms with Crippen LogP contribution in [0.5, 0.6) is 11.6 Å². The van der Waals surface area contributed by atoms with E-state index in [-0.39, 0.29) is 5.91 Å². The van der Waals surface area contributed by atoms with Crippen LogP contribution in [0.1, 0.15) is 31.9 Å². The summed E-state index contributed by atoms with van der Waals surface area (Å²) in [4.78, 5) is 24.8. The molecule has 0 unspecified atom stereocenters. The molecule has 27 heavy (non-hydrogen) atoms. The van der Waals surface area contributed by atoms with Gasteiger partial charge in [-0.2, -0.15) is 4.98 Å². The van der Waals surface area contributed by atoms with Crippen molar-refractivity contribution in [3.63, 3.8) is 0 Å². The molecule has 140 valence electrons. The van der Waals surface area contributed by atoms with Crippen molar-refractivity contribution in [2.24, 2.45) is 5.92 Å². The quantitative estimate of drug-likeness (QED) is 0.712. The molecule has 2 heterocycles. The number of carbonyl (C=O) groups is 1. The van der Waals surface area contributed by atoms with Gasteiger partial charge in [0.1, 0.15) is 23.2 Å². The predicted octanol–water partition coefficient (Wildman–Crippen LogP) is 4.06. The second-order valence-electron chi connectivity index (χ2n) is 6.73. The Balaban J connectivity index is 1.73. The van der Waals surface area contributed by atoms with Crippen molar-refractivity contribution in [3.8, 4) is 17.4 Å². The van der Waals surface area contributed by atoms with Crippen molar-refractivity contribution in [1.29, 1.82) is 0 Å². The number of benzene rings is 1. The van der Waals surface area contributed by atoms with E-state index in [1.807, 2.05) is 50.6 Å². The van der Waals surface area contributed by atoms with Gasteiger partial charge in [-0.05, 0) is 44.0 Å². The molecule has 0 spiro atoms. The van der Waals surface area contributed by atoms with Gasteiger partial charge in [0, 0.05) is 30.6 Å². The molecule has 0 atom stereocenters. The van der Waals surface area contributed by atoms with Gasteiger partial charge in [0.25, 0.3) is 0 Å². The lowest BCUT2D eigenvalue weighted by molar-refractivity contribution is -0.116. The highest BCUT2D eigenvalue weighted by molar-refractivity contribution is 5.90. The predicted molar refractivity (Wildman–Crippen MR) is 103 cm³/mol. The Labute approximate surface area is 158 Å². The Kier molecular flexibility index (Phi) is 5.49. The van der Waals surface area contributed by atoms with Crippen LogP contribution < -0.4 is 10.1 Å². The zero-order chi connectivity index (χ0) is 19.4. The standard InChI is InChI=1S/C20H23N5O2/c1-13(2)11-19(26)24-16-5-7-17(8-6-16)27-20-12-18(22-14(3)23-20)25-10-9-21-15(25)4/h5-10,12-13H,11H2,1-4H3,(H,24,26). The summed E-state index contributed by atoms with van der Waals surface area (Å²) >= 11 is 0. The Morgan fingerprint density at radius 2 is 1.93 bits per heavy atom. The van der Waals surface area contributed by atoms with E-state index in [0.29, 0.717) is 35.6 Å². The number of carbonyl (C=O) groups excluding carboxylic acids is 1. The Bertz CT molecular complexity index is 932. The molecule has 3 rings (SSSR count). The summed E-state index contributed by atoms with van der Waals surface area (Å²) in [5.41, 5.74) is 0.738. The van der Waals surface area contributed by atoms with E-state index < -0.39 is 0 Å². The number of nitrogens with one attached hydrogen (secondary N) is 1. The lowest BCUT2D eigenvalue weighted by Gasteiger charge is -2.10. The van der Waals surface area contributed by atoms with Crippen LogP contribution in [0.2, 0.25) is 0 Å². The first kappa shape index (κ1) is 18.6. The maximum Gasteiger partial charge on any atom is 0.224 e. The molecule has 1 aromatic carbocycles. The number of amides is 1. The number of hydrogen-bond acceptors (Lipinski definition) is 5. The van der Waals surface area contributed by atoms with Crippen molar-refractivity contribution in [3.05, 3.63) is 54.4 Å². The van der Waals surface area contributed by atoms with E-state index in [4.69, 9.17) is 4.74 Å². The third-order valence-corrected chi connectivity index (χ3v) is 3.83. The van der Waals surface area contributed by atoms with Crippen LogP contribution in [0.4, 0.5) is 5.69 Å². The SMILES string of the molecule is Cc1nc(Oc2ccc(NC(=O)CC(C)C)cc2)cc(-n2ccnc2C)n1. The lowest BCUT2D eigenvalue weighted by Crippen LogP contribution is -2.13. The minimum Gasteiger partial charge on any atom is -0.439 e. The van der Waals surface area contributed by atoms with Crippen LogP contribution in [0.15, 0.2) is 42.7 Å². The van der Waals surface area contributed by atoms with Gasteiger partial charge in [0.15, 0.2) is 0 Å². The number of anilines is 1. The van der Waals surface area contributed by atoms with Crippen LogP contribution in [0.25, 0.3) is 5.82 Å². The summed E-state index contributed by atoms with van der Waals surface area (Å²) in [5.74, 6) is 3.54. The highest BCUT2D eigenvalue weighted by atomic mass is 16.5. The molecule has 0 aliphatic heterocycles. The highest BCUT2D eigenvalue weighted by Gasteiger charge is 2.09. The fourth-order valence-corrected chi connectivity index (χ4v) is 2.63. The van der Waals surface area contributed by atoms with E-state index in [0.717, 1.165) is 11.5 Å². The Morgan fingerprint density at radius 1 is 1.19 bits per heavy atom. The summed E-state index contributed by atoms with van der Waals surface area (Å²) < 4.78 is 7.73. The van der Waals surface area contributed by atoms with E-state index in [1.165, 1.54) is 0 Å². The molecule has 0 aliphatic carbocycles. The minimum absolute atomic E-state index is 0.00503. The van der Waals surface area contributed by atoms with Gasteiger partial charge in [0.05, 0.1) is 0 Å². The number of imidazole rings is 1. The van der Waals surface area contributed by atoms with E-state index in [2.05, 4.69) is 20.3 Å². The van der Waals surface area contributed by atoms with Gasteiger partial charge < -0.3 is 10.1 Å². The smallest absolute Gasteiger partial charge is 0.224 e. The monoisotopic (exact) mass is 365 g/mol. The van der Waals surface area contributed by atoms with Crippen molar-refractivity contribution in [2.45, 2.75) is 34.1 Å². The first-order valence-corrected chi connectivity index (χ1v) is 8.84.